The Kier molecular flexibility index (Phi) is 2.85. The van der Waals surface area contributed by atoms with Crippen LogP contribution in [0.15, 0.2) is 9.59 Å². The summed E-state index contributed by atoms with van der Waals surface area (Å²) in [6.45, 7) is -0.360. The first kappa shape index (κ1) is 12.8. The number of rotatable bonds is 2. The summed E-state index contributed by atoms with van der Waals surface area (Å²) in [5, 5.41) is 18.8. The van der Waals surface area contributed by atoms with E-state index in [9.17, 15) is 14.7 Å². The van der Waals surface area contributed by atoms with E-state index in [-0.39, 0.29) is 30.1 Å². The molecule has 0 saturated carbocycles. The molecule has 2 aromatic rings. The summed E-state index contributed by atoms with van der Waals surface area (Å²) in [6, 6.07) is 0. The van der Waals surface area contributed by atoms with Crippen LogP contribution in [0.25, 0.3) is 11.2 Å². The number of imidazole rings is 1. The topological polar surface area (TPSA) is 160 Å². The number of fused-ring (bicyclic) bond motifs is 1. The first-order valence-electron chi connectivity index (χ1n) is 6.01. The van der Waals surface area contributed by atoms with Crippen molar-refractivity contribution < 1.29 is 19.9 Å². The van der Waals surface area contributed by atoms with Crippen LogP contribution in [0.5, 0.6) is 0 Å². The van der Waals surface area contributed by atoms with Gasteiger partial charge in [0.2, 0.25) is 5.65 Å². The maximum Gasteiger partial charge on any atom is 0.372 e. The Morgan fingerprint density at radius 3 is 2.85 bits per heavy atom. The molecule has 10 heteroatoms. The second kappa shape index (κ2) is 4.44. The van der Waals surface area contributed by atoms with Crippen LogP contribution in [-0.2, 0) is 4.74 Å². The van der Waals surface area contributed by atoms with Crippen LogP contribution in [0.2, 0.25) is 0 Å². The quantitative estimate of drug-likeness (QED) is 0.396. The van der Waals surface area contributed by atoms with Crippen molar-refractivity contribution in [3.63, 3.8) is 0 Å². The highest BCUT2D eigenvalue weighted by Crippen LogP contribution is 2.28. The highest BCUT2D eigenvalue weighted by atomic mass is 16.5. The third-order valence-corrected chi connectivity index (χ3v) is 3.33. The van der Waals surface area contributed by atoms with Gasteiger partial charge in [0.15, 0.2) is 11.7 Å². The molecule has 1 fully saturated rings. The van der Waals surface area contributed by atoms with Gasteiger partial charge < -0.3 is 20.7 Å². The fourth-order valence-corrected chi connectivity index (χ4v) is 2.39. The Labute approximate surface area is 110 Å². The highest BCUT2D eigenvalue weighted by Gasteiger charge is 2.38. The smallest absolute Gasteiger partial charge is 0.372 e. The van der Waals surface area contributed by atoms with Gasteiger partial charge in [-0.05, 0) is 0 Å². The molecule has 1 saturated heterocycles. The van der Waals surface area contributed by atoms with Crippen molar-refractivity contribution in [2.24, 2.45) is 0 Å². The number of H-pyrrole nitrogens is 3. The number of hydrogen-bond donors (Lipinski definition) is 5. The first-order chi connectivity index (χ1) is 9.51. The molecule has 108 valence electrons. The van der Waals surface area contributed by atoms with Crippen molar-refractivity contribution in [2.45, 2.75) is 24.9 Å². The van der Waals surface area contributed by atoms with E-state index in [2.05, 4.69) is 15.0 Å². The second-order valence-corrected chi connectivity index (χ2v) is 4.63. The van der Waals surface area contributed by atoms with E-state index in [0.29, 0.717) is 0 Å². The lowest BCUT2D eigenvalue weighted by Crippen LogP contribution is -2.28. The molecule has 10 nitrogen and oxygen atoms in total. The van der Waals surface area contributed by atoms with E-state index in [1.54, 1.807) is 0 Å². The molecule has 0 aromatic carbocycles. The number of ether oxygens (including phenoxy) is 1. The molecule has 0 bridgehead atoms. The molecule has 0 spiro atoms. The summed E-state index contributed by atoms with van der Waals surface area (Å²) in [6.07, 6.45) is -2.32. The molecular formula is C10H14N5O5+. The Morgan fingerprint density at radius 1 is 1.45 bits per heavy atom. The van der Waals surface area contributed by atoms with Crippen molar-refractivity contribution in [3.05, 3.63) is 20.8 Å². The number of aromatic amines is 3. The third kappa shape index (κ3) is 1.81. The lowest BCUT2D eigenvalue weighted by atomic mass is 10.2. The van der Waals surface area contributed by atoms with Crippen molar-refractivity contribution >= 4 is 17.1 Å². The predicted molar refractivity (Wildman–Crippen MR) is 65.8 cm³/mol. The van der Waals surface area contributed by atoms with Crippen LogP contribution in [0.1, 0.15) is 12.6 Å². The van der Waals surface area contributed by atoms with Crippen LogP contribution in [0, 0.1) is 0 Å². The number of aromatic nitrogens is 4. The predicted octanol–water partition coefficient (Wildman–Crippen LogP) is -2.95. The van der Waals surface area contributed by atoms with Gasteiger partial charge in [-0.25, -0.2) is 14.8 Å². The number of nitrogens with zero attached hydrogens (tertiary/aromatic N) is 1. The minimum Gasteiger partial charge on any atom is -0.394 e. The lowest BCUT2D eigenvalue weighted by molar-refractivity contribution is -0.337. The molecule has 3 unspecified atom stereocenters. The molecule has 3 heterocycles. The molecule has 20 heavy (non-hydrogen) atoms. The Bertz CT molecular complexity index is 761. The highest BCUT2D eigenvalue weighted by molar-refractivity contribution is 5.66. The summed E-state index contributed by atoms with van der Waals surface area (Å²) >= 11 is 0. The van der Waals surface area contributed by atoms with Crippen LogP contribution in [-0.4, -0.2) is 43.6 Å². The zero-order valence-corrected chi connectivity index (χ0v) is 10.3. The number of nitrogens with one attached hydrogen (secondary N) is 3. The van der Waals surface area contributed by atoms with E-state index in [1.165, 1.54) is 4.57 Å². The SMILES string of the molecule is Nc1[nH]c(=O)c2[nH]c(=O)n(C3CC(O)C(CO)O3)c2[nH+]1. The third-order valence-electron chi connectivity index (χ3n) is 3.33. The molecular weight excluding hydrogens is 270 g/mol. The molecule has 3 atom stereocenters. The fourth-order valence-electron chi connectivity index (χ4n) is 2.39. The zero-order valence-electron chi connectivity index (χ0n) is 10.3. The van der Waals surface area contributed by atoms with Gasteiger partial charge in [-0.2, -0.15) is 4.57 Å². The van der Waals surface area contributed by atoms with E-state index in [4.69, 9.17) is 15.6 Å². The molecule has 0 radical (unpaired) electrons. The molecule has 2 aromatic heterocycles. The summed E-state index contributed by atoms with van der Waals surface area (Å²) in [7, 11) is 0. The van der Waals surface area contributed by atoms with Crippen molar-refractivity contribution in [2.75, 3.05) is 12.3 Å². The Hall–Kier alpha value is -2.17. The second-order valence-electron chi connectivity index (χ2n) is 4.63. The molecule has 3 rings (SSSR count). The van der Waals surface area contributed by atoms with Gasteiger partial charge in [0.1, 0.15) is 6.10 Å². The fraction of sp³-hybridized carbons (Fsp3) is 0.500. The number of nitrogen functional groups attached to an aromatic ring is 1. The number of hydrogen-bond acceptors (Lipinski definition) is 6. The number of aliphatic hydroxyl groups is 2. The largest absolute Gasteiger partial charge is 0.394 e. The molecule has 1 aliphatic rings. The molecule has 0 aliphatic carbocycles. The number of anilines is 1. The minimum absolute atomic E-state index is 0.00694. The normalized spacial score (nSPS) is 26.4. The summed E-state index contributed by atoms with van der Waals surface area (Å²) in [5.41, 5.74) is 4.62. The minimum atomic E-state index is -0.888. The zero-order chi connectivity index (χ0) is 14.4. The van der Waals surface area contributed by atoms with E-state index in [1.807, 2.05) is 0 Å². The van der Waals surface area contributed by atoms with E-state index >= 15 is 0 Å². The van der Waals surface area contributed by atoms with Crippen molar-refractivity contribution in [1.29, 1.82) is 0 Å². The van der Waals surface area contributed by atoms with Crippen molar-refractivity contribution in [1.82, 2.24) is 14.5 Å². The Balaban J connectivity index is 2.15. The van der Waals surface area contributed by atoms with Gasteiger partial charge in [-0.3, -0.25) is 9.78 Å². The summed E-state index contributed by atoms with van der Waals surface area (Å²) in [4.78, 5) is 31.1. The van der Waals surface area contributed by atoms with Gasteiger partial charge in [-0.15, -0.1) is 0 Å². The number of nitrogens with two attached hydrogens (primary N) is 1. The van der Waals surface area contributed by atoms with Crippen LogP contribution in [0.3, 0.4) is 0 Å². The van der Waals surface area contributed by atoms with E-state index < -0.39 is 29.7 Å². The van der Waals surface area contributed by atoms with Crippen LogP contribution >= 0.6 is 0 Å². The average Bonchev–Trinajstić information content (AvgIpc) is 2.89. The van der Waals surface area contributed by atoms with Gasteiger partial charge >= 0.3 is 17.2 Å². The van der Waals surface area contributed by atoms with Crippen LogP contribution < -0.4 is 22.0 Å². The van der Waals surface area contributed by atoms with Gasteiger partial charge in [0.25, 0.3) is 0 Å². The molecule has 0 amide bonds. The molecule has 1 aliphatic heterocycles. The standard InChI is InChI=1S/C10H13N5O5/c11-9-13-7-6(8(18)14-9)12-10(19)15(7)5-1-3(17)4(2-16)20-5/h3-5,16-17H,1-2H2,(H,12,19)(H3,11,13,14,18)/p+1. The van der Waals surface area contributed by atoms with Gasteiger partial charge in [-0.1, -0.05) is 0 Å². The van der Waals surface area contributed by atoms with Gasteiger partial charge in [0, 0.05) is 6.42 Å². The van der Waals surface area contributed by atoms with Crippen molar-refractivity contribution in [3.8, 4) is 0 Å². The monoisotopic (exact) mass is 284 g/mol. The van der Waals surface area contributed by atoms with E-state index in [0.717, 1.165) is 0 Å². The number of aliphatic hydroxyl groups excluding tert-OH is 2. The summed E-state index contributed by atoms with van der Waals surface area (Å²) in [5.74, 6) is -0.00694. The first-order valence-corrected chi connectivity index (χ1v) is 6.01. The maximum absolute atomic E-state index is 12.0. The molecule has 7 N–H and O–H groups in total. The summed E-state index contributed by atoms with van der Waals surface area (Å²) < 4.78 is 6.57. The average molecular weight is 284 g/mol. The van der Waals surface area contributed by atoms with Gasteiger partial charge in [0.05, 0.1) is 12.7 Å². The Morgan fingerprint density at radius 2 is 2.20 bits per heavy atom. The maximum atomic E-state index is 12.0. The van der Waals surface area contributed by atoms with Crippen LogP contribution in [0.4, 0.5) is 5.95 Å². The lowest BCUT2D eigenvalue weighted by Gasteiger charge is -2.10.